The first kappa shape index (κ1) is 56.7. The van der Waals surface area contributed by atoms with Crippen LogP contribution < -0.4 is 0 Å². The molecule has 0 aliphatic carbocycles. The Labute approximate surface area is 362 Å². The van der Waals surface area contributed by atoms with Crippen LogP contribution in [-0.2, 0) is 32.7 Å². The van der Waals surface area contributed by atoms with Gasteiger partial charge in [-0.1, -0.05) is 164 Å². The Bertz CT molecular complexity index is 1160. The van der Waals surface area contributed by atoms with Crippen molar-refractivity contribution in [3.05, 3.63) is 60.8 Å². The minimum atomic E-state index is -4.38. The van der Waals surface area contributed by atoms with Crippen LogP contribution in [0.5, 0.6) is 0 Å². The topological polar surface area (TPSA) is 112 Å². The van der Waals surface area contributed by atoms with Crippen LogP contribution in [-0.4, -0.2) is 68.3 Å². The highest BCUT2D eigenvalue weighted by Gasteiger charge is 2.26. The fraction of sp³-hybridized carbons (Fsp3) is 0.755. The monoisotopic (exact) mass is 850 g/mol. The van der Waals surface area contributed by atoms with Crippen LogP contribution in [0.4, 0.5) is 0 Å². The lowest BCUT2D eigenvalue weighted by atomic mass is 10.1. The van der Waals surface area contributed by atoms with Crippen LogP contribution >= 0.6 is 7.82 Å². The van der Waals surface area contributed by atoms with Crippen molar-refractivity contribution in [2.24, 2.45) is 0 Å². The zero-order valence-electron chi connectivity index (χ0n) is 38.2. The fourth-order valence-corrected chi connectivity index (χ4v) is 6.89. The number of carbonyl (C=O) groups excluding carboxylic acids is 2. The molecule has 0 aliphatic heterocycles. The molecule has 0 heterocycles. The highest BCUT2D eigenvalue weighted by molar-refractivity contribution is 7.47. The third-order valence-electron chi connectivity index (χ3n) is 9.80. The summed E-state index contributed by atoms with van der Waals surface area (Å²) < 4.78 is 33.5. The van der Waals surface area contributed by atoms with Gasteiger partial charge in [-0.25, -0.2) is 4.57 Å². The van der Waals surface area contributed by atoms with Crippen molar-refractivity contribution in [2.75, 3.05) is 40.5 Å². The second kappa shape index (κ2) is 43.8. The number of carbonyl (C=O) groups is 2. The lowest BCUT2D eigenvalue weighted by Gasteiger charge is -2.20. The van der Waals surface area contributed by atoms with Gasteiger partial charge in [0.05, 0.1) is 13.2 Å². The predicted octanol–water partition coefficient (Wildman–Crippen LogP) is 13.9. The number of likely N-dealkylation sites (N-methyl/N-ethyl adjacent to an activating group) is 1. The zero-order valence-corrected chi connectivity index (χ0v) is 39.1. The third-order valence-corrected chi connectivity index (χ3v) is 10.8. The van der Waals surface area contributed by atoms with E-state index in [0.717, 1.165) is 38.5 Å². The first-order valence-corrected chi connectivity index (χ1v) is 25.1. The van der Waals surface area contributed by atoms with Crippen LogP contribution in [0.25, 0.3) is 0 Å². The van der Waals surface area contributed by atoms with Crippen LogP contribution in [0.3, 0.4) is 0 Å². The summed E-state index contributed by atoms with van der Waals surface area (Å²) in [6.07, 6.45) is 51.3. The first-order valence-electron chi connectivity index (χ1n) is 23.6. The van der Waals surface area contributed by atoms with E-state index in [4.69, 9.17) is 18.5 Å². The smallest absolute Gasteiger partial charge is 0.462 e. The van der Waals surface area contributed by atoms with Gasteiger partial charge < -0.3 is 19.3 Å². The summed E-state index contributed by atoms with van der Waals surface area (Å²) >= 11 is 0. The molecule has 0 rings (SSSR count). The minimum absolute atomic E-state index is 0.00500. The van der Waals surface area contributed by atoms with Gasteiger partial charge in [0.1, 0.15) is 6.61 Å². The quantitative estimate of drug-likeness (QED) is 0.0277. The van der Waals surface area contributed by atoms with Gasteiger partial charge in [0, 0.05) is 19.4 Å². The summed E-state index contributed by atoms with van der Waals surface area (Å²) in [6.45, 7) is 4.23. The number of hydrogen-bond acceptors (Lipinski definition) is 8. The van der Waals surface area contributed by atoms with E-state index in [9.17, 15) is 19.0 Å². The maximum atomic E-state index is 12.7. The fourth-order valence-electron chi connectivity index (χ4n) is 6.14. The van der Waals surface area contributed by atoms with Crippen LogP contribution in [0.15, 0.2) is 60.8 Å². The van der Waals surface area contributed by atoms with E-state index in [2.05, 4.69) is 68.5 Å². The van der Waals surface area contributed by atoms with E-state index in [1.165, 1.54) is 116 Å². The zero-order chi connectivity index (χ0) is 43.3. The normalized spacial score (nSPS) is 13.9. The largest absolute Gasteiger partial charge is 0.472 e. The van der Waals surface area contributed by atoms with E-state index >= 15 is 0 Å². The van der Waals surface area contributed by atoms with Crippen molar-refractivity contribution >= 4 is 19.8 Å². The highest BCUT2D eigenvalue weighted by Crippen LogP contribution is 2.43. The van der Waals surface area contributed by atoms with E-state index < -0.39 is 26.5 Å². The molecule has 0 saturated heterocycles. The van der Waals surface area contributed by atoms with Gasteiger partial charge >= 0.3 is 19.8 Å². The Hall–Kier alpha value is -2.29. The molecule has 2 atom stereocenters. The summed E-state index contributed by atoms with van der Waals surface area (Å²) in [5, 5.41) is 0. The van der Waals surface area contributed by atoms with Gasteiger partial charge in [-0.3, -0.25) is 18.6 Å². The van der Waals surface area contributed by atoms with Gasteiger partial charge in [0.15, 0.2) is 6.10 Å². The van der Waals surface area contributed by atoms with Gasteiger partial charge in [-0.15, -0.1) is 0 Å². The van der Waals surface area contributed by atoms with Crippen molar-refractivity contribution in [1.82, 2.24) is 4.90 Å². The lowest BCUT2D eigenvalue weighted by Crippen LogP contribution is -2.29. The third kappa shape index (κ3) is 45.1. The molecule has 342 valence electrons. The molecule has 10 heteroatoms. The maximum absolute atomic E-state index is 12.7. The van der Waals surface area contributed by atoms with Crippen molar-refractivity contribution in [3.8, 4) is 0 Å². The van der Waals surface area contributed by atoms with Crippen LogP contribution in [0.1, 0.15) is 194 Å². The summed E-state index contributed by atoms with van der Waals surface area (Å²) in [4.78, 5) is 37.1. The summed E-state index contributed by atoms with van der Waals surface area (Å²) in [5.41, 5.74) is 0. The molecule has 0 bridgehead atoms. The number of nitrogens with zero attached hydrogens (tertiary/aromatic N) is 1. The van der Waals surface area contributed by atoms with Crippen LogP contribution in [0.2, 0.25) is 0 Å². The molecule has 0 aromatic rings. The van der Waals surface area contributed by atoms with Gasteiger partial charge in [0.25, 0.3) is 0 Å². The predicted molar refractivity (Wildman–Crippen MR) is 247 cm³/mol. The number of phosphoric ester groups is 1. The van der Waals surface area contributed by atoms with Crippen molar-refractivity contribution in [3.63, 3.8) is 0 Å². The van der Waals surface area contributed by atoms with E-state index in [-0.39, 0.29) is 32.0 Å². The molecule has 0 aromatic carbocycles. The lowest BCUT2D eigenvalue weighted by molar-refractivity contribution is -0.161. The van der Waals surface area contributed by atoms with Gasteiger partial charge in [-0.05, 0) is 91.1 Å². The molecule has 59 heavy (non-hydrogen) atoms. The van der Waals surface area contributed by atoms with E-state index in [0.29, 0.717) is 19.4 Å². The minimum Gasteiger partial charge on any atom is -0.462 e. The summed E-state index contributed by atoms with van der Waals surface area (Å²) in [6, 6.07) is 0. The number of esters is 2. The Morgan fingerprint density at radius 2 is 0.932 bits per heavy atom. The Morgan fingerprint density at radius 3 is 1.46 bits per heavy atom. The number of rotatable bonds is 43. The Kier molecular flexibility index (Phi) is 42.1. The Morgan fingerprint density at radius 1 is 0.525 bits per heavy atom. The molecule has 2 unspecified atom stereocenters. The van der Waals surface area contributed by atoms with Gasteiger partial charge in [-0.2, -0.15) is 0 Å². The maximum Gasteiger partial charge on any atom is 0.472 e. The first-order chi connectivity index (χ1) is 28.7. The number of phosphoric acid groups is 1. The standard InChI is InChI=1S/C49H88NO8P/c1-5-7-9-11-13-15-17-19-21-23-24-26-27-29-31-33-35-37-39-41-48(51)55-45-47(46-57-59(53,54)56-44-43-50(3)4)58-49(52)42-40-38-36-34-32-30-28-25-22-20-18-16-14-12-10-8-6-2/h14,16,19-22,28,30,34,36,47H,5-13,15,17-18,23-27,29,31-33,35,37-46H2,1-4H3,(H,53,54)/b16-14-,21-19-,22-20-,30-28-,36-34-. The van der Waals surface area contributed by atoms with Crippen molar-refractivity contribution in [1.29, 1.82) is 0 Å². The Balaban J connectivity index is 4.32. The molecule has 0 radical (unpaired) electrons. The van der Waals surface area contributed by atoms with E-state index in [1.807, 2.05) is 25.1 Å². The molecule has 9 nitrogen and oxygen atoms in total. The molecular formula is C49H88NO8P. The number of hydrogen-bond donors (Lipinski definition) is 1. The molecular weight excluding hydrogens is 762 g/mol. The molecule has 0 saturated carbocycles. The average Bonchev–Trinajstić information content (AvgIpc) is 3.20. The second-order valence-electron chi connectivity index (χ2n) is 15.9. The molecule has 0 amide bonds. The van der Waals surface area contributed by atoms with Gasteiger partial charge in [0.2, 0.25) is 0 Å². The molecule has 0 aliphatic rings. The second-order valence-corrected chi connectivity index (χ2v) is 17.4. The van der Waals surface area contributed by atoms with Crippen LogP contribution in [0, 0.1) is 0 Å². The summed E-state index contributed by atoms with van der Waals surface area (Å²) in [7, 11) is -0.744. The highest BCUT2D eigenvalue weighted by atomic mass is 31.2. The average molecular weight is 850 g/mol. The SMILES string of the molecule is CCCCC/C=C\C/C=C\C/C=C\C/C=C\CCCC(=O)OC(COC(=O)CCCCCCCCCCC/C=C\CCCCCCCC)COP(=O)(O)OCCN(C)C. The van der Waals surface area contributed by atoms with E-state index in [1.54, 1.807) is 0 Å². The number of unbranched alkanes of at least 4 members (excludes halogenated alkanes) is 19. The molecule has 0 spiro atoms. The number of allylic oxidation sites excluding steroid dienone is 10. The molecule has 1 N–H and O–H groups in total. The number of ether oxygens (including phenoxy) is 2. The molecule has 0 fully saturated rings. The van der Waals surface area contributed by atoms with Crippen molar-refractivity contribution in [2.45, 2.75) is 200 Å². The molecule has 0 aromatic heterocycles. The van der Waals surface area contributed by atoms with Crippen molar-refractivity contribution < 1.29 is 37.6 Å². The summed E-state index contributed by atoms with van der Waals surface area (Å²) in [5.74, 6) is -0.871.